The lowest BCUT2D eigenvalue weighted by molar-refractivity contribution is -0.119. The lowest BCUT2D eigenvalue weighted by atomic mass is 10.3. The van der Waals surface area contributed by atoms with Gasteiger partial charge in [-0.3, -0.25) is 9.59 Å². The first-order valence-corrected chi connectivity index (χ1v) is 7.55. The summed E-state index contributed by atoms with van der Waals surface area (Å²) in [5.41, 5.74) is -0.000508. The Bertz CT molecular complexity index is 566. The third-order valence-electron chi connectivity index (χ3n) is 2.76. The summed E-state index contributed by atoms with van der Waals surface area (Å²) in [5, 5.41) is 6.01. The number of esters is 1. The number of ketones is 1. The molecule has 7 nitrogen and oxygen atoms in total. The fourth-order valence-electron chi connectivity index (χ4n) is 1.63. The molecule has 2 rings (SSSR count). The van der Waals surface area contributed by atoms with Crippen molar-refractivity contribution in [3.05, 3.63) is 10.6 Å². The van der Waals surface area contributed by atoms with Crippen LogP contribution in [0.3, 0.4) is 0 Å². The smallest absolute Gasteiger partial charge is 0.358 e. The monoisotopic (exact) mass is 311 g/mol. The number of amides is 1. The molecule has 1 aromatic heterocycles. The Kier molecular flexibility index (Phi) is 4.89. The lowest BCUT2D eigenvalue weighted by Crippen LogP contribution is -2.31. The van der Waals surface area contributed by atoms with Crippen molar-refractivity contribution in [3.63, 3.8) is 0 Å². The molecule has 0 aromatic carbocycles. The van der Waals surface area contributed by atoms with Crippen molar-refractivity contribution in [2.75, 3.05) is 18.5 Å². The predicted molar refractivity (Wildman–Crippen MR) is 77.7 cm³/mol. The number of hydrogen-bond donors (Lipinski definition) is 2. The van der Waals surface area contributed by atoms with Gasteiger partial charge >= 0.3 is 5.97 Å². The fourth-order valence-corrected chi connectivity index (χ4v) is 2.48. The average molecular weight is 311 g/mol. The zero-order valence-electron chi connectivity index (χ0n) is 11.9. The normalized spacial score (nSPS) is 13.6. The van der Waals surface area contributed by atoms with Gasteiger partial charge in [0.25, 0.3) is 0 Å². The molecule has 0 atom stereocenters. The topological polar surface area (TPSA) is 97.4 Å². The minimum Gasteiger partial charge on any atom is -0.461 e. The highest BCUT2D eigenvalue weighted by molar-refractivity contribution is 7.17. The number of aromatic nitrogens is 1. The molecule has 0 aliphatic heterocycles. The minimum atomic E-state index is -0.630. The molecular formula is C13H17N3O4S. The molecule has 0 bridgehead atoms. The summed E-state index contributed by atoms with van der Waals surface area (Å²) in [7, 11) is 0. The number of carbonyl (C=O) groups is 3. The Hall–Kier alpha value is -1.96. The quantitative estimate of drug-likeness (QED) is 0.580. The molecule has 0 radical (unpaired) electrons. The molecule has 0 unspecified atom stereocenters. The van der Waals surface area contributed by atoms with Gasteiger partial charge in [0.1, 0.15) is 4.88 Å². The second-order valence-electron chi connectivity index (χ2n) is 4.67. The van der Waals surface area contributed by atoms with Gasteiger partial charge in [-0.1, -0.05) is 11.3 Å². The maximum atomic E-state index is 11.7. The maximum absolute atomic E-state index is 11.7. The maximum Gasteiger partial charge on any atom is 0.358 e. The van der Waals surface area contributed by atoms with E-state index in [1.54, 1.807) is 6.92 Å². The highest BCUT2D eigenvalue weighted by Crippen LogP contribution is 2.24. The fraction of sp³-hybridized carbons (Fsp3) is 0.538. The summed E-state index contributed by atoms with van der Waals surface area (Å²) in [6.07, 6.45) is 2.04. The number of carbonyl (C=O) groups excluding carboxylic acids is 3. The number of ether oxygens (including phenoxy) is 1. The number of anilines is 1. The van der Waals surface area contributed by atoms with Crippen molar-refractivity contribution in [2.24, 2.45) is 0 Å². The van der Waals surface area contributed by atoms with Crippen LogP contribution in [0.5, 0.6) is 0 Å². The van der Waals surface area contributed by atoms with Gasteiger partial charge in [0.2, 0.25) is 5.91 Å². The molecular weight excluding hydrogens is 294 g/mol. The van der Waals surface area contributed by atoms with Gasteiger partial charge in [0.05, 0.1) is 13.2 Å². The molecule has 1 aromatic rings. The van der Waals surface area contributed by atoms with Crippen LogP contribution in [-0.2, 0) is 9.53 Å². The van der Waals surface area contributed by atoms with Crippen LogP contribution in [0.25, 0.3) is 0 Å². The second-order valence-corrected chi connectivity index (χ2v) is 5.67. The predicted octanol–water partition coefficient (Wildman–Crippen LogP) is 1.21. The lowest BCUT2D eigenvalue weighted by Gasteiger charge is -2.03. The molecule has 1 saturated carbocycles. The van der Waals surface area contributed by atoms with Gasteiger partial charge in [-0.15, -0.1) is 0 Å². The Labute approximate surface area is 126 Å². The molecule has 8 heteroatoms. The van der Waals surface area contributed by atoms with Gasteiger partial charge in [-0.25, -0.2) is 9.78 Å². The van der Waals surface area contributed by atoms with E-state index in [9.17, 15) is 14.4 Å². The van der Waals surface area contributed by atoms with Crippen molar-refractivity contribution >= 4 is 34.1 Å². The van der Waals surface area contributed by atoms with Crippen LogP contribution in [-0.4, -0.2) is 41.8 Å². The number of nitrogens with zero attached hydrogens (tertiary/aromatic N) is 1. The first kappa shape index (κ1) is 15.4. The molecule has 1 aliphatic rings. The van der Waals surface area contributed by atoms with Crippen molar-refractivity contribution in [1.82, 2.24) is 10.3 Å². The Balaban J connectivity index is 2.02. The summed E-state index contributed by atoms with van der Waals surface area (Å²) in [5.74, 6) is -1.02. The SMILES string of the molecule is CCOC(=O)c1nc(NCC(=O)NC2CC2)sc1C(C)=O. The highest BCUT2D eigenvalue weighted by Gasteiger charge is 2.24. The van der Waals surface area contributed by atoms with E-state index in [1.165, 1.54) is 6.92 Å². The van der Waals surface area contributed by atoms with Crippen molar-refractivity contribution in [2.45, 2.75) is 32.7 Å². The second kappa shape index (κ2) is 6.66. The van der Waals surface area contributed by atoms with Gasteiger partial charge in [0.15, 0.2) is 16.6 Å². The first-order valence-electron chi connectivity index (χ1n) is 6.73. The number of thiazole rings is 1. The highest BCUT2D eigenvalue weighted by atomic mass is 32.1. The van der Waals surface area contributed by atoms with Gasteiger partial charge in [0, 0.05) is 13.0 Å². The van der Waals surface area contributed by atoms with E-state index in [0.29, 0.717) is 11.2 Å². The minimum absolute atomic E-state index is 0.000508. The molecule has 0 saturated heterocycles. The van der Waals surface area contributed by atoms with Crippen LogP contribution >= 0.6 is 11.3 Å². The molecule has 1 heterocycles. The standard InChI is InChI=1S/C13H17N3O4S/c1-3-20-12(19)10-11(7(2)17)21-13(16-10)14-6-9(18)15-8-4-5-8/h8H,3-6H2,1-2H3,(H,14,16)(H,15,18). The zero-order valence-corrected chi connectivity index (χ0v) is 12.7. The van der Waals surface area contributed by atoms with Crippen LogP contribution in [0.2, 0.25) is 0 Å². The number of Topliss-reactive ketones (excluding diaryl/α,β-unsaturated/α-hetero) is 1. The van der Waals surface area contributed by atoms with Crippen molar-refractivity contribution < 1.29 is 19.1 Å². The molecule has 2 N–H and O–H groups in total. The van der Waals surface area contributed by atoms with Crippen molar-refractivity contribution in [3.8, 4) is 0 Å². The van der Waals surface area contributed by atoms with E-state index < -0.39 is 5.97 Å². The summed E-state index contributed by atoms with van der Waals surface area (Å²) in [6, 6.07) is 0.290. The average Bonchev–Trinajstić information content (AvgIpc) is 3.12. The molecule has 1 amide bonds. The van der Waals surface area contributed by atoms with Crippen molar-refractivity contribution in [1.29, 1.82) is 0 Å². The summed E-state index contributed by atoms with van der Waals surface area (Å²) < 4.78 is 4.86. The Morgan fingerprint density at radius 1 is 1.38 bits per heavy atom. The van der Waals surface area contributed by atoms with E-state index in [2.05, 4.69) is 15.6 Å². The number of nitrogens with one attached hydrogen (secondary N) is 2. The van der Waals surface area contributed by atoms with Crippen LogP contribution in [0.15, 0.2) is 0 Å². The summed E-state index contributed by atoms with van der Waals surface area (Å²) in [6.45, 7) is 3.31. The van der Waals surface area contributed by atoms with Crippen LogP contribution in [0.4, 0.5) is 5.13 Å². The zero-order chi connectivity index (χ0) is 15.4. The van der Waals surface area contributed by atoms with E-state index in [0.717, 1.165) is 24.2 Å². The first-order chi connectivity index (χ1) is 10.0. The van der Waals surface area contributed by atoms with E-state index in [-0.39, 0.29) is 35.4 Å². The van der Waals surface area contributed by atoms with Crippen LogP contribution in [0.1, 0.15) is 46.8 Å². The van der Waals surface area contributed by atoms with E-state index >= 15 is 0 Å². The van der Waals surface area contributed by atoms with Gasteiger partial charge < -0.3 is 15.4 Å². The number of rotatable bonds is 7. The summed E-state index contributed by atoms with van der Waals surface area (Å²) in [4.78, 5) is 39.1. The third kappa shape index (κ3) is 4.25. The Morgan fingerprint density at radius 3 is 2.67 bits per heavy atom. The summed E-state index contributed by atoms with van der Waals surface area (Å²) >= 11 is 1.05. The van der Waals surface area contributed by atoms with E-state index in [1.807, 2.05) is 0 Å². The molecule has 1 aliphatic carbocycles. The molecule has 0 spiro atoms. The molecule has 1 fully saturated rings. The Morgan fingerprint density at radius 2 is 2.10 bits per heavy atom. The molecule has 21 heavy (non-hydrogen) atoms. The van der Waals surface area contributed by atoms with Crippen LogP contribution < -0.4 is 10.6 Å². The molecule has 114 valence electrons. The number of hydrogen-bond acceptors (Lipinski definition) is 7. The third-order valence-corrected chi connectivity index (χ3v) is 3.87. The van der Waals surface area contributed by atoms with E-state index in [4.69, 9.17) is 4.74 Å². The van der Waals surface area contributed by atoms with Crippen LogP contribution in [0, 0.1) is 0 Å². The van der Waals surface area contributed by atoms with Gasteiger partial charge in [-0.05, 0) is 19.8 Å². The van der Waals surface area contributed by atoms with Gasteiger partial charge in [-0.2, -0.15) is 0 Å². The largest absolute Gasteiger partial charge is 0.461 e.